The zero-order valence-corrected chi connectivity index (χ0v) is 10.8. The maximum atomic E-state index is 12.2. The van der Waals surface area contributed by atoms with Gasteiger partial charge in [0, 0.05) is 20.0 Å². The highest BCUT2D eigenvalue weighted by atomic mass is 32.1. The van der Waals surface area contributed by atoms with Gasteiger partial charge in [0.1, 0.15) is 0 Å². The summed E-state index contributed by atoms with van der Waals surface area (Å²) in [6, 6.07) is 3.75. The molecule has 0 unspecified atom stereocenters. The van der Waals surface area contributed by atoms with Gasteiger partial charge < -0.3 is 9.32 Å². The van der Waals surface area contributed by atoms with E-state index in [-0.39, 0.29) is 11.8 Å². The van der Waals surface area contributed by atoms with E-state index in [2.05, 4.69) is 10.2 Å². The summed E-state index contributed by atoms with van der Waals surface area (Å²) in [6.45, 7) is 3.20. The van der Waals surface area contributed by atoms with Crippen LogP contribution in [0.4, 0.5) is 0 Å². The number of carbonyl (C=O) groups is 1. The molecule has 6 heteroatoms. The van der Waals surface area contributed by atoms with Crippen LogP contribution in [0, 0.1) is 6.92 Å². The molecule has 0 N–H and O–H groups in total. The number of aromatic nitrogens is 2. The minimum Gasteiger partial charge on any atom is -0.425 e. The van der Waals surface area contributed by atoms with E-state index >= 15 is 0 Å². The largest absolute Gasteiger partial charge is 0.425 e. The van der Waals surface area contributed by atoms with E-state index in [0.29, 0.717) is 18.3 Å². The molecule has 3 heterocycles. The quantitative estimate of drug-likeness (QED) is 0.832. The fourth-order valence-corrected chi connectivity index (χ4v) is 2.87. The number of amides is 1. The second kappa shape index (κ2) is 4.53. The first-order valence-corrected chi connectivity index (χ1v) is 6.75. The number of aryl methyl sites for hydroxylation is 1. The third-order valence-corrected chi connectivity index (χ3v) is 3.96. The lowest BCUT2D eigenvalue weighted by atomic mass is 10.1. The molecular formula is C12H13N3O2S. The lowest BCUT2D eigenvalue weighted by Gasteiger charge is -2.14. The molecule has 1 fully saturated rings. The summed E-state index contributed by atoms with van der Waals surface area (Å²) in [5, 5.41) is 9.78. The molecule has 0 radical (unpaired) electrons. The summed E-state index contributed by atoms with van der Waals surface area (Å²) < 4.78 is 5.43. The summed E-state index contributed by atoms with van der Waals surface area (Å²) >= 11 is 1.48. The van der Waals surface area contributed by atoms with Gasteiger partial charge in [0.15, 0.2) is 0 Å². The van der Waals surface area contributed by atoms with E-state index in [0.717, 1.165) is 17.8 Å². The predicted molar refractivity (Wildman–Crippen MR) is 66.6 cm³/mol. The lowest BCUT2D eigenvalue weighted by Crippen LogP contribution is -2.27. The Morgan fingerprint density at radius 3 is 3.11 bits per heavy atom. The van der Waals surface area contributed by atoms with Crippen LogP contribution in [0.3, 0.4) is 0 Å². The van der Waals surface area contributed by atoms with Crippen molar-refractivity contribution in [2.75, 3.05) is 13.1 Å². The van der Waals surface area contributed by atoms with Crippen LogP contribution in [0.25, 0.3) is 0 Å². The van der Waals surface area contributed by atoms with E-state index in [1.54, 1.807) is 6.92 Å². The average Bonchev–Trinajstić information content (AvgIpc) is 3.09. The number of thiophene rings is 1. The van der Waals surface area contributed by atoms with Crippen LogP contribution in [-0.2, 0) is 0 Å². The molecular weight excluding hydrogens is 250 g/mol. The summed E-state index contributed by atoms with van der Waals surface area (Å²) in [5.41, 5.74) is 0. The van der Waals surface area contributed by atoms with E-state index in [1.165, 1.54) is 11.3 Å². The fourth-order valence-electron chi connectivity index (χ4n) is 2.18. The van der Waals surface area contributed by atoms with Gasteiger partial charge in [0.25, 0.3) is 5.91 Å². The first-order chi connectivity index (χ1) is 8.74. The molecule has 0 bridgehead atoms. The molecule has 94 valence electrons. The molecule has 1 saturated heterocycles. The van der Waals surface area contributed by atoms with Gasteiger partial charge in [-0.05, 0) is 17.9 Å². The van der Waals surface area contributed by atoms with Crippen molar-refractivity contribution in [3.63, 3.8) is 0 Å². The van der Waals surface area contributed by atoms with Crippen molar-refractivity contribution >= 4 is 17.2 Å². The van der Waals surface area contributed by atoms with Crippen molar-refractivity contribution in [3.8, 4) is 0 Å². The Morgan fingerprint density at radius 1 is 1.56 bits per heavy atom. The van der Waals surface area contributed by atoms with Gasteiger partial charge in [-0.1, -0.05) is 6.07 Å². The Morgan fingerprint density at radius 2 is 2.44 bits per heavy atom. The van der Waals surface area contributed by atoms with Crippen molar-refractivity contribution in [3.05, 3.63) is 34.2 Å². The van der Waals surface area contributed by atoms with Gasteiger partial charge in [-0.15, -0.1) is 21.5 Å². The van der Waals surface area contributed by atoms with Gasteiger partial charge >= 0.3 is 0 Å². The number of rotatable bonds is 2. The predicted octanol–water partition coefficient (Wildman–Crippen LogP) is 2.07. The van der Waals surface area contributed by atoms with Crippen molar-refractivity contribution < 1.29 is 9.21 Å². The van der Waals surface area contributed by atoms with E-state index in [4.69, 9.17) is 4.42 Å². The molecule has 1 aliphatic heterocycles. The van der Waals surface area contributed by atoms with Crippen molar-refractivity contribution in [1.29, 1.82) is 0 Å². The number of nitrogens with zero attached hydrogens (tertiary/aromatic N) is 3. The first kappa shape index (κ1) is 11.4. The number of likely N-dealkylation sites (tertiary alicyclic amines) is 1. The van der Waals surface area contributed by atoms with Gasteiger partial charge in [0.05, 0.1) is 10.8 Å². The molecule has 0 saturated carbocycles. The van der Waals surface area contributed by atoms with Crippen LogP contribution < -0.4 is 0 Å². The zero-order chi connectivity index (χ0) is 12.5. The average molecular weight is 263 g/mol. The maximum Gasteiger partial charge on any atom is 0.263 e. The molecule has 3 rings (SSSR count). The Balaban J connectivity index is 1.70. The highest BCUT2D eigenvalue weighted by Crippen LogP contribution is 2.27. The normalized spacial score (nSPS) is 19.4. The van der Waals surface area contributed by atoms with Gasteiger partial charge in [-0.25, -0.2) is 0 Å². The number of hydrogen-bond donors (Lipinski definition) is 0. The molecule has 5 nitrogen and oxygen atoms in total. The van der Waals surface area contributed by atoms with E-state index in [9.17, 15) is 4.79 Å². The molecule has 18 heavy (non-hydrogen) atoms. The van der Waals surface area contributed by atoms with Crippen molar-refractivity contribution in [2.24, 2.45) is 0 Å². The van der Waals surface area contributed by atoms with Crippen LogP contribution in [0.1, 0.15) is 33.8 Å². The highest BCUT2D eigenvalue weighted by molar-refractivity contribution is 7.12. The topological polar surface area (TPSA) is 59.2 Å². The third kappa shape index (κ3) is 2.03. The monoisotopic (exact) mass is 263 g/mol. The van der Waals surface area contributed by atoms with Crippen LogP contribution >= 0.6 is 11.3 Å². The van der Waals surface area contributed by atoms with Gasteiger partial charge in [0.2, 0.25) is 11.8 Å². The maximum absolute atomic E-state index is 12.2. The first-order valence-electron chi connectivity index (χ1n) is 5.87. The van der Waals surface area contributed by atoms with Crippen molar-refractivity contribution in [1.82, 2.24) is 15.1 Å². The number of carbonyl (C=O) groups excluding carboxylic acids is 1. The summed E-state index contributed by atoms with van der Waals surface area (Å²) in [6.07, 6.45) is 0.888. The van der Waals surface area contributed by atoms with Crippen LogP contribution in [0.2, 0.25) is 0 Å². The third-order valence-electron chi connectivity index (χ3n) is 3.10. The Hall–Kier alpha value is -1.69. The second-order valence-corrected chi connectivity index (χ2v) is 5.32. The molecule has 0 spiro atoms. The fraction of sp³-hybridized carbons (Fsp3) is 0.417. The molecule has 2 aromatic heterocycles. The summed E-state index contributed by atoms with van der Waals surface area (Å²) in [4.78, 5) is 14.8. The Labute approximate surface area is 108 Å². The highest BCUT2D eigenvalue weighted by Gasteiger charge is 2.31. The van der Waals surface area contributed by atoms with E-state index < -0.39 is 0 Å². The smallest absolute Gasteiger partial charge is 0.263 e. The summed E-state index contributed by atoms with van der Waals surface area (Å²) in [5.74, 6) is 1.50. The van der Waals surface area contributed by atoms with Gasteiger partial charge in [-0.3, -0.25) is 4.79 Å². The molecule has 1 aliphatic rings. The molecule has 0 aromatic carbocycles. The van der Waals surface area contributed by atoms with Crippen LogP contribution in [0.15, 0.2) is 21.9 Å². The Kier molecular flexibility index (Phi) is 2.87. The summed E-state index contributed by atoms with van der Waals surface area (Å²) in [7, 11) is 0. The molecule has 1 amide bonds. The van der Waals surface area contributed by atoms with Crippen LogP contribution in [-0.4, -0.2) is 34.1 Å². The SMILES string of the molecule is Cc1nnc([C@H]2CCN(C(=O)c3cccs3)C2)o1. The minimum absolute atomic E-state index is 0.101. The standard InChI is InChI=1S/C12H13N3O2S/c1-8-13-14-11(17-8)9-4-5-15(7-9)12(16)10-3-2-6-18-10/h2-3,6,9H,4-5,7H2,1H3/t9-/m0/s1. The zero-order valence-electron chi connectivity index (χ0n) is 10.00. The van der Waals surface area contributed by atoms with Gasteiger partial charge in [-0.2, -0.15) is 0 Å². The Bertz CT molecular complexity index is 549. The minimum atomic E-state index is 0.101. The van der Waals surface area contributed by atoms with E-state index in [1.807, 2.05) is 22.4 Å². The lowest BCUT2D eigenvalue weighted by molar-refractivity contribution is 0.0794. The molecule has 2 aromatic rings. The number of hydrogen-bond acceptors (Lipinski definition) is 5. The molecule has 1 atom stereocenters. The van der Waals surface area contributed by atoms with Crippen LogP contribution in [0.5, 0.6) is 0 Å². The second-order valence-electron chi connectivity index (χ2n) is 4.37. The molecule has 0 aliphatic carbocycles. The van der Waals surface area contributed by atoms with Crippen molar-refractivity contribution in [2.45, 2.75) is 19.3 Å².